The number of amides is 1. The molecule has 1 aromatic carbocycles. The Morgan fingerprint density at radius 3 is 2.32 bits per heavy atom. The first kappa shape index (κ1) is 15.3. The number of anilines is 2. The first-order valence-corrected chi connectivity index (χ1v) is 6.36. The quantitative estimate of drug-likeness (QED) is 0.604. The average Bonchev–Trinajstić information content (AvgIpc) is 2.22. The van der Waals surface area contributed by atoms with Crippen molar-refractivity contribution in [2.45, 2.75) is 32.8 Å². The highest BCUT2D eigenvalue weighted by Gasteiger charge is 2.22. The zero-order valence-electron chi connectivity index (χ0n) is 11.7. The van der Waals surface area contributed by atoms with E-state index in [0.29, 0.717) is 29.3 Å². The zero-order valence-corrected chi connectivity index (χ0v) is 11.7. The van der Waals surface area contributed by atoms with Gasteiger partial charge in [0.1, 0.15) is 0 Å². The van der Waals surface area contributed by atoms with Gasteiger partial charge in [0.05, 0.1) is 5.60 Å². The molecule has 0 fully saturated rings. The van der Waals surface area contributed by atoms with Gasteiger partial charge in [0.15, 0.2) is 0 Å². The maximum absolute atomic E-state index is 11.9. The smallest absolute Gasteiger partial charge is 0.251 e. The summed E-state index contributed by atoms with van der Waals surface area (Å²) in [6, 6.07) is 4.71. The summed E-state index contributed by atoms with van der Waals surface area (Å²) in [5.41, 5.74) is 11.6. The van der Waals surface area contributed by atoms with Gasteiger partial charge in [-0.2, -0.15) is 0 Å². The second-order valence-electron chi connectivity index (χ2n) is 5.67. The van der Waals surface area contributed by atoms with Crippen LogP contribution in [0.25, 0.3) is 0 Å². The van der Waals surface area contributed by atoms with Crippen LogP contribution in [0.2, 0.25) is 0 Å². The van der Waals surface area contributed by atoms with E-state index in [1.807, 2.05) is 13.8 Å². The predicted molar refractivity (Wildman–Crippen MR) is 77.7 cm³/mol. The number of nitrogens with two attached hydrogens (primary N) is 2. The fraction of sp³-hybridized carbons (Fsp3) is 0.500. The highest BCUT2D eigenvalue weighted by Crippen LogP contribution is 2.16. The summed E-state index contributed by atoms with van der Waals surface area (Å²) < 4.78 is 0. The topological polar surface area (TPSA) is 101 Å². The summed E-state index contributed by atoms with van der Waals surface area (Å²) in [5, 5.41) is 12.8. The number of nitrogen functional groups attached to an aromatic ring is 2. The maximum atomic E-state index is 11.9. The van der Waals surface area contributed by atoms with Gasteiger partial charge in [-0.15, -0.1) is 0 Å². The number of carbonyl (C=O) groups is 1. The summed E-state index contributed by atoms with van der Waals surface area (Å²) in [5.74, 6) is 0.0675. The first-order valence-electron chi connectivity index (χ1n) is 6.36. The number of benzene rings is 1. The van der Waals surface area contributed by atoms with Crippen molar-refractivity contribution in [3.63, 3.8) is 0 Å². The van der Waals surface area contributed by atoms with E-state index < -0.39 is 5.60 Å². The molecule has 5 nitrogen and oxygen atoms in total. The molecule has 0 aromatic heterocycles. The fourth-order valence-corrected chi connectivity index (χ4v) is 2.13. The number of hydrogen-bond donors (Lipinski definition) is 4. The fourth-order valence-electron chi connectivity index (χ4n) is 2.13. The number of carbonyl (C=O) groups excluding carboxylic acids is 1. The number of rotatable bonds is 5. The largest absolute Gasteiger partial charge is 0.399 e. The molecule has 0 aliphatic rings. The average molecular weight is 265 g/mol. The number of aliphatic hydroxyl groups is 1. The van der Waals surface area contributed by atoms with E-state index in [-0.39, 0.29) is 12.5 Å². The van der Waals surface area contributed by atoms with Crippen molar-refractivity contribution in [3.05, 3.63) is 23.8 Å². The third-order valence-electron chi connectivity index (χ3n) is 2.72. The monoisotopic (exact) mass is 265 g/mol. The van der Waals surface area contributed by atoms with Crippen LogP contribution in [0.5, 0.6) is 0 Å². The van der Waals surface area contributed by atoms with Gasteiger partial charge < -0.3 is 21.9 Å². The molecule has 106 valence electrons. The molecule has 0 aliphatic heterocycles. The van der Waals surface area contributed by atoms with Gasteiger partial charge in [-0.25, -0.2) is 0 Å². The van der Waals surface area contributed by atoms with E-state index in [1.54, 1.807) is 25.1 Å². The molecule has 0 spiro atoms. The first-order chi connectivity index (χ1) is 8.69. The summed E-state index contributed by atoms with van der Waals surface area (Å²) >= 11 is 0. The molecule has 1 atom stereocenters. The molecule has 1 unspecified atom stereocenters. The van der Waals surface area contributed by atoms with Gasteiger partial charge in [0.2, 0.25) is 0 Å². The van der Waals surface area contributed by atoms with E-state index >= 15 is 0 Å². The third kappa shape index (κ3) is 5.18. The molecule has 0 heterocycles. The molecule has 0 saturated heterocycles. The van der Waals surface area contributed by atoms with Crippen molar-refractivity contribution in [3.8, 4) is 0 Å². The van der Waals surface area contributed by atoms with Gasteiger partial charge in [0.25, 0.3) is 5.91 Å². The van der Waals surface area contributed by atoms with Crippen LogP contribution in [-0.2, 0) is 0 Å². The van der Waals surface area contributed by atoms with Crippen molar-refractivity contribution >= 4 is 17.3 Å². The Hall–Kier alpha value is -1.75. The van der Waals surface area contributed by atoms with Crippen molar-refractivity contribution in [1.29, 1.82) is 0 Å². The van der Waals surface area contributed by atoms with Crippen LogP contribution in [0.15, 0.2) is 18.2 Å². The second-order valence-corrected chi connectivity index (χ2v) is 5.67. The molecule has 0 radical (unpaired) electrons. The van der Waals surface area contributed by atoms with Gasteiger partial charge in [-0.1, -0.05) is 13.8 Å². The highest BCUT2D eigenvalue weighted by atomic mass is 16.3. The van der Waals surface area contributed by atoms with Crippen LogP contribution in [-0.4, -0.2) is 23.2 Å². The Morgan fingerprint density at radius 2 is 1.84 bits per heavy atom. The molecule has 6 N–H and O–H groups in total. The molecule has 19 heavy (non-hydrogen) atoms. The van der Waals surface area contributed by atoms with Crippen molar-refractivity contribution in [2.24, 2.45) is 5.92 Å². The molecule has 0 bridgehead atoms. The maximum Gasteiger partial charge on any atom is 0.251 e. The molecular formula is C14H23N3O2. The van der Waals surface area contributed by atoms with Crippen LogP contribution >= 0.6 is 0 Å². The second kappa shape index (κ2) is 5.93. The molecule has 1 amide bonds. The zero-order chi connectivity index (χ0) is 14.6. The predicted octanol–water partition coefficient (Wildman–Crippen LogP) is 1.38. The molecule has 0 saturated carbocycles. The van der Waals surface area contributed by atoms with Crippen molar-refractivity contribution in [2.75, 3.05) is 18.0 Å². The van der Waals surface area contributed by atoms with E-state index in [1.165, 1.54) is 0 Å². The summed E-state index contributed by atoms with van der Waals surface area (Å²) in [6.07, 6.45) is 0.617. The molecular weight excluding hydrogens is 242 g/mol. The minimum absolute atomic E-state index is 0.193. The summed E-state index contributed by atoms with van der Waals surface area (Å²) in [7, 11) is 0. The number of hydrogen-bond acceptors (Lipinski definition) is 4. The standard InChI is InChI=1S/C14H23N3O2/c1-9(2)7-14(3,19)8-17-13(18)10-4-11(15)6-12(16)5-10/h4-6,9,19H,7-8,15-16H2,1-3H3,(H,17,18). The lowest BCUT2D eigenvalue weighted by Crippen LogP contribution is -2.41. The third-order valence-corrected chi connectivity index (χ3v) is 2.72. The number of nitrogens with one attached hydrogen (secondary N) is 1. The van der Waals surface area contributed by atoms with Crippen LogP contribution in [0.3, 0.4) is 0 Å². The normalized spacial score (nSPS) is 14.2. The van der Waals surface area contributed by atoms with Crippen LogP contribution in [0.4, 0.5) is 11.4 Å². The van der Waals surface area contributed by atoms with Crippen LogP contribution < -0.4 is 16.8 Å². The lowest BCUT2D eigenvalue weighted by molar-refractivity contribution is 0.0368. The highest BCUT2D eigenvalue weighted by molar-refractivity contribution is 5.96. The van der Waals surface area contributed by atoms with E-state index in [2.05, 4.69) is 5.32 Å². The SMILES string of the molecule is CC(C)CC(C)(O)CNC(=O)c1cc(N)cc(N)c1. The van der Waals surface area contributed by atoms with Gasteiger partial charge in [0, 0.05) is 23.5 Å². The van der Waals surface area contributed by atoms with Crippen LogP contribution in [0, 0.1) is 5.92 Å². The van der Waals surface area contributed by atoms with Gasteiger partial charge in [-0.3, -0.25) is 4.79 Å². The Balaban J connectivity index is 2.65. The molecule has 5 heteroatoms. The van der Waals surface area contributed by atoms with Crippen LogP contribution in [0.1, 0.15) is 37.6 Å². The minimum atomic E-state index is -0.921. The Kier molecular flexibility index (Phi) is 4.78. The molecule has 0 aliphatic carbocycles. The lowest BCUT2D eigenvalue weighted by Gasteiger charge is -2.25. The van der Waals surface area contributed by atoms with Gasteiger partial charge >= 0.3 is 0 Å². The van der Waals surface area contributed by atoms with Crippen molar-refractivity contribution < 1.29 is 9.90 Å². The Bertz CT molecular complexity index is 436. The van der Waals surface area contributed by atoms with E-state index in [9.17, 15) is 9.90 Å². The summed E-state index contributed by atoms with van der Waals surface area (Å²) in [6.45, 7) is 5.95. The Morgan fingerprint density at radius 1 is 1.32 bits per heavy atom. The minimum Gasteiger partial charge on any atom is -0.399 e. The Labute approximate surface area is 114 Å². The van der Waals surface area contributed by atoms with E-state index in [0.717, 1.165) is 0 Å². The summed E-state index contributed by atoms with van der Waals surface area (Å²) in [4.78, 5) is 11.9. The molecule has 1 rings (SSSR count). The van der Waals surface area contributed by atoms with E-state index in [4.69, 9.17) is 11.5 Å². The molecule has 1 aromatic rings. The lowest BCUT2D eigenvalue weighted by atomic mass is 9.94. The van der Waals surface area contributed by atoms with Crippen molar-refractivity contribution in [1.82, 2.24) is 5.32 Å². The van der Waals surface area contributed by atoms with Gasteiger partial charge in [-0.05, 0) is 37.5 Å².